The molecule has 0 unspecified atom stereocenters. The Balaban J connectivity index is 2.24. The molecule has 0 saturated heterocycles. The second kappa shape index (κ2) is 5.91. The van der Waals surface area contributed by atoms with Crippen LogP contribution in [-0.2, 0) is 6.61 Å². The molecule has 1 N–H and O–H groups in total. The fraction of sp³-hybridized carbons (Fsp3) is 0.188. The number of hydrogen-bond acceptors (Lipinski definition) is 2. The highest BCUT2D eigenvalue weighted by molar-refractivity contribution is 5.88. The van der Waals surface area contributed by atoms with Gasteiger partial charge in [0.25, 0.3) is 0 Å². The van der Waals surface area contributed by atoms with Crippen LogP contribution in [0.3, 0.4) is 0 Å². The molecule has 21 heavy (non-hydrogen) atoms. The van der Waals surface area contributed by atoms with Crippen LogP contribution in [-0.4, -0.2) is 11.1 Å². The standard InChI is InChI=1S/C16H14F2O3/c1-9-5-11(16(19)20)6-10(2)15(9)21-8-12-7-13(17)3-4-14(12)18/h3-7H,8H2,1-2H3,(H,19,20). The molecule has 0 aliphatic rings. The zero-order valence-electron chi connectivity index (χ0n) is 11.6. The molecule has 0 spiro atoms. The maximum Gasteiger partial charge on any atom is 0.335 e. The normalized spacial score (nSPS) is 10.5. The molecule has 0 amide bonds. The number of benzene rings is 2. The van der Waals surface area contributed by atoms with Crippen LogP contribution in [0.4, 0.5) is 8.78 Å². The van der Waals surface area contributed by atoms with Crippen LogP contribution < -0.4 is 4.74 Å². The van der Waals surface area contributed by atoms with Crippen molar-refractivity contribution in [1.82, 2.24) is 0 Å². The predicted octanol–water partition coefficient (Wildman–Crippen LogP) is 3.86. The Morgan fingerprint density at radius 3 is 2.33 bits per heavy atom. The number of halogens is 2. The minimum atomic E-state index is -1.02. The Morgan fingerprint density at radius 2 is 1.76 bits per heavy atom. The topological polar surface area (TPSA) is 46.5 Å². The van der Waals surface area contributed by atoms with Crippen molar-refractivity contribution in [2.24, 2.45) is 0 Å². The summed E-state index contributed by atoms with van der Waals surface area (Å²) >= 11 is 0. The van der Waals surface area contributed by atoms with Gasteiger partial charge in [0, 0.05) is 5.56 Å². The van der Waals surface area contributed by atoms with Crippen molar-refractivity contribution in [1.29, 1.82) is 0 Å². The minimum Gasteiger partial charge on any atom is -0.488 e. The molecule has 0 heterocycles. The molecular weight excluding hydrogens is 278 g/mol. The van der Waals surface area contributed by atoms with Gasteiger partial charge < -0.3 is 9.84 Å². The van der Waals surface area contributed by atoms with Crippen molar-refractivity contribution in [3.63, 3.8) is 0 Å². The van der Waals surface area contributed by atoms with Crippen LogP contribution in [0.2, 0.25) is 0 Å². The lowest BCUT2D eigenvalue weighted by atomic mass is 10.1. The number of hydrogen-bond donors (Lipinski definition) is 1. The quantitative estimate of drug-likeness (QED) is 0.930. The summed E-state index contributed by atoms with van der Waals surface area (Å²) in [5, 5.41) is 8.97. The van der Waals surface area contributed by atoms with E-state index in [4.69, 9.17) is 9.84 Å². The van der Waals surface area contributed by atoms with E-state index in [2.05, 4.69) is 0 Å². The summed E-state index contributed by atoms with van der Waals surface area (Å²) in [5.74, 6) is -1.63. The summed E-state index contributed by atoms with van der Waals surface area (Å²) in [6.07, 6.45) is 0. The van der Waals surface area contributed by atoms with E-state index in [-0.39, 0.29) is 17.7 Å². The Hall–Kier alpha value is -2.43. The summed E-state index contributed by atoms with van der Waals surface area (Å²) in [4.78, 5) is 10.9. The second-order valence-corrected chi connectivity index (χ2v) is 4.77. The van der Waals surface area contributed by atoms with Crippen molar-refractivity contribution in [3.8, 4) is 5.75 Å². The molecule has 0 bridgehead atoms. The molecule has 2 rings (SSSR count). The van der Waals surface area contributed by atoms with Gasteiger partial charge in [-0.3, -0.25) is 0 Å². The van der Waals surface area contributed by atoms with Gasteiger partial charge in [0.1, 0.15) is 24.0 Å². The van der Waals surface area contributed by atoms with E-state index >= 15 is 0 Å². The third-order valence-corrected chi connectivity index (χ3v) is 3.09. The second-order valence-electron chi connectivity index (χ2n) is 4.77. The number of carbonyl (C=O) groups is 1. The number of aromatic carboxylic acids is 1. The lowest BCUT2D eigenvalue weighted by Gasteiger charge is -2.13. The molecule has 0 atom stereocenters. The first-order valence-corrected chi connectivity index (χ1v) is 6.29. The lowest BCUT2D eigenvalue weighted by molar-refractivity contribution is 0.0696. The average molecular weight is 292 g/mol. The van der Waals surface area contributed by atoms with Gasteiger partial charge in [0.15, 0.2) is 0 Å². The van der Waals surface area contributed by atoms with E-state index in [1.165, 1.54) is 12.1 Å². The third kappa shape index (κ3) is 3.37. The molecule has 0 aliphatic carbocycles. The van der Waals surface area contributed by atoms with Gasteiger partial charge in [0.2, 0.25) is 0 Å². The van der Waals surface area contributed by atoms with E-state index in [0.29, 0.717) is 16.9 Å². The number of carboxylic acids is 1. The molecule has 5 heteroatoms. The third-order valence-electron chi connectivity index (χ3n) is 3.09. The molecular formula is C16H14F2O3. The van der Waals surface area contributed by atoms with Crippen LogP contribution in [0, 0.1) is 25.5 Å². The van der Waals surface area contributed by atoms with Crippen molar-refractivity contribution in [2.45, 2.75) is 20.5 Å². The first-order chi connectivity index (χ1) is 9.88. The minimum absolute atomic E-state index is 0.108. The van der Waals surface area contributed by atoms with E-state index in [0.717, 1.165) is 18.2 Å². The Morgan fingerprint density at radius 1 is 1.14 bits per heavy atom. The van der Waals surface area contributed by atoms with Gasteiger partial charge in [0.05, 0.1) is 5.56 Å². The monoisotopic (exact) mass is 292 g/mol. The van der Waals surface area contributed by atoms with E-state index < -0.39 is 17.6 Å². The number of aryl methyl sites for hydroxylation is 2. The van der Waals surface area contributed by atoms with Crippen LogP contribution >= 0.6 is 0 Å². The predicted molar refractivity (Wildman–Crippen MR) is 73.6 cm³/mol. The van der Waals surface area contributed by atoms with Crippen LogP contribution in [0.1, 0.15) is 27.0 Å². The van der Waals surface area contributed by atoms with Crippen molar-refractivity contribution in [3.05, 3.63) is 64.2 Å². The largest absolute Gasteiger partial charge is 0.488 e. The summed E-state index contributed by atoms with van der Waals surface area (Å²) < 4.78 is 32.1. The van der Waals surface area contributed by atoms with Gasteiger partial charge >= 0.3 is 5.97 Å². The highest BCUT2D eigenvalue weighted by Crippen LogP contribution is 2.26. The maximum atomic E-state index is 13.5. The van der Waals surface area contributed by atoms with Gasteiger partial charge in [-0.1, -0.05) is 0 Å². The van der Waals surface area contributed by atoms with Gasteiger partial charge in [-0.2, -0.15) is 0 Å². The highest BCUT2D eigenvalue weighted by Gasteiger charge is 2.12. The molecule has 0 fully saturated rings. The lowest BCUT2D eigenvalue weighted by Crippen LogP contribution is -2.04. The molecule has 0 aromatic heterocycles. The van der Waals surface area contributed by atoms with Gasteiger partial charge in [-0.25, -0.2) is 13.6 Å². The molecule has 2 aromatic rings. The van der Waals surface area contributed by atoms with Crippen LogP contribution in [0.15, 0.2) is 30.3 Å². The molecule has 2 aromatic carbocycles. The highest BCUT2D eigenvalue weighted by atomic mass is 19.1. The fourth-order valence-electron chi connectivity index (χ4n) is 2.11. The molecule has 0 saturated carbocycles. The SMILES string of the molecule is Cc1cc(C(=O)O)cc(C)c1OCc1cc(F)ccc1F. The van der Waals surface area contributed by atoms with E-state index in [1.807, 2.05) is 0 Å². The average Bonchev–Trinajstić information content (AvgIpc) is 2.41. The fourth-order valence-corrected chi connectivity index (χ4v) is 2.11. The van der Waals surface area contributed by atoms with Gasteiger partial charge in [-0.15, -0.1) is 0 Å². The Bertz CT molecular complexity index is 673. The molecule has 110 valence electrons. The van der Waals surface area contributed by atoms with Crippen LogP contribution in [0.5, 0.6) is 5.75 Å². The van der Waals surface area contributed by atoms with Crippen molar-refractivity contribution >= 4 is 5.97 Å². The molecule has 0 aliphatic heterocycles. The van der Waals surface area contributed by atoms with Crippen molar-refractivity contribution in [2.75, 3.05) is 0 Å². The summed E-state index contributed by atoms with van der Waals surface area (Å²) in [6, 6.07) is 6.11. The van der Waals surface area contributed by atoms with Crippen LogP contribution in [0.25, 0.3) is 0 Å². The van der Waals surface area contributed by atoms with E-state index in [1.54, 1.807) is 13.8 Å². The summed E-state index contributed by atoms with van der Waals surface area (Å²) in [6.45, 7) is 3.28. The van der Waals surface area contributed by atoms with Gasteiger partial charge in [-0.05, 0) is 55.3 Å². The first kappa shape index (κ1) is 15.0. The molecule has 3 nitrogen and oxygen atoms in total. The number of rotatable bonds is 4. The maximum absolute atomic E-state index is 13.5. The summed E-state index contributed by atoms with van der Waals surface area (Å²) in [5.41, 5.74) is 1.53. The summed E-state index contributed by atoms with van der Waals surface area (Å²) in [7, 11) is 0. The van der Waals surface area contributed by atoms with Crippen molar-refractivity contribution < 1.29 is 23.4 Å². The molecule has 0 radical (unpaired) electrons. The first-order valence-electron chi connectivity index (χ1n) is 6.29. The number of carboxylic acid groups (broad SMARTS) is 1. The Labute approximate surface area is 120 Å². The van der Waals surface area contributed by atoms with E-state index in [9.17, 15) is 13.6 Å². The zero-order valence-corrected chi connectivity index (χ0v) is 11.6. The zero-order chi connectivity index (χ0) is 15.6. The Kier molecular flexibility index (Phi) is 4.21. The smallest absolute Gasteiger partial charge is 0.335 e. The number of ether oxygens (including phenoxy) is 1.